The van der Waals surface area contributed by atoms with E-state index in [1.807, 2.05) is 11.4 Å². The fourth-order valence-electron chi connectivity index (χ4n) is 0.582. The molecule has 1 heterocycles. The quantitative estimate of drug-likeness (QED) is 0.656. The van der Waals surface area contributed by atoms with Gasteiger partial charge in [0, 0.05) is 6.54 Å². The van der Waals surface area contributed by atoms with E-state index in [9.17, 15) is 0 Å². The van der Waals surface area contributed by atoms with Crippen molar-refractivity contribution in [2.45, 2.75) is 6.54 Å². The summed E-state index contributed by atoms with van der Waals surface area (Å²) in [5.41, 5.74) is 6.45. The molecule has 4 heteroatoms. The van der Waals surface area contributed by atoms with Crippen LogP contribution in [0.3, 0.4) is 0 Å². The van der Waals surface area contributed by atoms with Crippen LogP contribution in [-0.4, -0.2) is 5.11 Å². The summed E-state index contributed by atoms with van der Waals surface area (Å²) in [6, 6.07) is 2.04. The number of nitrogens with two attached hydrogens (primary N) is 1. The molecular weight excluding hydrogens is 164 g/mol. The minimum atomic E-state index is 0.353. The van der Waals surface area contributed by atoms with Gasteiger partial charge in [0.25, 0.3) is 0 Å². The molecule has 0 saturated carbocycles. The Hall–Kier alpha value is -0.610. The van der Waals surface area contributed by atoms with Gasteiger partial charge < -0.3 is 11.1 Å². The zero-order chi connectivity index (χ0) is 7.40. The van der Waals surface area contributed by atoms with Gasteiger partial charge in [-0.25, -0.2) is 0 Å². The van der Waals surface area contributed by atoms with Crippen molar-refractivity contribution < 1.29 is 0 Å². The first-order valence-corrected chi connectivity index (χ1v) is 4.18. The van der Waals surface area contributed by atoms with E-state index in [-0.39, 0.29) is 0 Å². The van der Waals surface area contributed by atoms with E-state index in [0.717, 1.165) is 6.54 Å². The van der Waals surface area contributed by atoms with Crippen LogP contribution in [0, 0.1) is 0 Å². The number of hydrogen-bond donors (Lipinski definition) is 2. The second-order valence-corrected chi connectivity index (χ2v) is 3.07. The number of rotatable bonds is 2. The van der Waals surface area contributed by atoms with E-state index in [0.29, 0.717) is 5.11 Å². The van der Waals surface area contributed by atoms with Gasteiger partial charge in [0.15, 0.2) is 5.11 Å². The molecule has 3 N–H and O–H groups in total. The topological polar surface area (TPSA) is 38.0 Å². The Kier molecular flexibility index (Phi) is 2.65. The molecule has 1 aromatic heterocycles. The van der Waals surface area contributed by atoms with Crippen LogP contribution >= 0.6 is 23.6 Å². The van der Waals surface area contributed by atoms with Crippen molar-refractivity contribution in [1.82, 2.24) is 5.32 Å². The highest BCUT2D eigenvalue weighted by atomic mass is 32.1. The fraction of sp³-hybridized carbons (Fsp3) is 0.167. The van der Waals surface area contributed by atoms with Crippen molar-refractivity contribution in [1.29, 1.82) is 0 Å². The normalized spacial score (nSPS) is 9.20. The Morgan fingerprint density at radius 3 is 3.10 bits per heavy atom. The first-order valence-electron chi connectivity index (χ1n) is 2.83. The van der Waals surface area contributed by atoms with Crippen molar-refractivity contribution in [3.8, 4) is 0 Å². The lowest BCUT2D eigenvalue weighted by molar-refractivity contribution is 0.925. The zero-order valence-corrected chi connectivity index (χ0v) is 6.97. The Bertz CT molecular complexity index is 206. The monoisotopic (exact) mass is 172 g/mol. The first-order chi connectivity index (χ1) is 4.79. The summed E-state index contributed by atoms with van der Waals surface area (Å²) in [6.07, 6.45) is 0. The van der Waals surface area contributed by atoms with Gasteiger partial charge in [0.2, 0.25) is 0 Å². The molecule has 1 rings (SSSR count). The van der Waals surface area contributed by atoms with Crippen molar-refractivity contribution >= 4 is 28.7 Å². The van der Waals surface area contributed by atoms with Crippen molar-refractivity contribution in [3.05, 3.63) is 22.4 Å². The van der Waals surface area contributed by atoms with Crippen molar-refractivity contribution in [2.24, 2.45) is 5.73 Å². The third-order valence-corrected chi connectivity index (χ3v) is 1.92. The number of thiophene rings is 1. The Labute approximate surface area is 69.1 Å². The molecule has 10 heavy (non-hydrogen) atoms. The van der Waals surface area contributed by atoms with Crippen molar-refractivity contribution in [2.75, 3.05) is 0 Å². The molecule has 0 amide bonds. The maximum absolute atomic E-state index is 5.23. The van der Waals surface area contributed by atoms with Crippen LogP contribution in [0.2, 0.25) is 0 Å². The third kappa shape index (κ3) is 2.33. The fourth-order valence-corrected chi connectivity index (χ4v) is 1.32. The van der Waals surface area contributed by atoms with E-state index >= 15 is 0 Å². The lowest BCUT2D eigenvalue weighted by Crippen LogP contribution is -2.28. The van der Waals surface area contributed by atoms with E-state index in [2.05, 4.69) is 22.9 Å². The summed E-state index contributed by atoms with van der Waals surface area (Å²) < 4.78 is 0. The second-order valence-electron chi connectivity index (χ2n) is 1.85. The van der Waals surface area contributed by atoms with Gasteiger partial charge >= 0.3 is 0 Å². The Morgan fingerprint density at radius 1 is 1.80 bits per heavy atom. The molecule has 0 aliphatic heterocycles. The summed E-state index contributed by atoms with van der Waals surface area (Å²) in [5.74, 6) is 0. The largest absolute Gasteiger partial charge is 0.376 e. The Balaban J connectivity index is 2.35. The highest BCUT2D eigenvalue weighted by Crippen LogP contribution is 2.04. The smallest absolute Gasteiger partial charge is 0.163 e. The minimum Gasteiger partial charge on any atom is -0.376 e. The van der Waals surface area contributed by atoms with Crippen LogP contribution in [0.1, 0.15) is 5.56 Å². The van der Waals surface area contributed by atoms with Gasteiger partial charge in [-0.1, -0.05) is 0 Å². The van der Waals surface area contributed by atoms with Crippen LogP contribution in [0.4, 0.5) is 0 Å². The standard InChI is InChI=1S/C6H8N2S2/c7-6(9)8-3-5-1-2-10-4-5/h1-2,4H,3H2,(H3,7,8,9). The minimum absolute atomic E-state index is 0.353. The van der Waals surface area contributed by atoms with E-state index in [4.69, 9.17) is 5.73 Å². The third-order valence-electron chi connectivity index (χ3n) is 1.05. The summed E-state index contributed by atoms with van der Waals surface area (Å²) >= 11 is 6.31. The molecule has 0 atom stereocenters. The van der Waals surface area contributed by atoms with Gasteiger partial charge in [0.05, 0.1) is 0 Å². The molecule has 0 aromatic carbocycles. The molecule has 0 radical (unpaired) electrons. The zero-order valence-electron chi connectivity index (χ0n) is 5.33. The summed E-state index contributed by atoms with van der Waals surface area (Å²) in [6.45, 7) is 0.735. The lowest BCUT2D eigenvalue weighted by atomic mass is 10.3. The molecule has 0 bridgehead atoms. The molecule has 0 aliphatic rings. The van der Waals surface area contributed by atoms with E-state index in [1.54, 1.807) is 11.3 Å². The molecule has 0 spiro atoms. The highest BCUT2D eigenvalue weighted by molar-refractivity contribution is 7.80. The summed E-state index contributed by atoms with van der Waals surface area (Å²) in [4.78, 5) is 0. The van der Waals surface area contributed by atoms with Crippen LogP contribution < -0.4 is 11.1 Å². The molecule has 0 saturated heterocycles. The SMILES string of the molecule is NC(=S)NCc1ccsc1. The van der Waals surface area contributed by atoms with Crippen LogP contribution in [-0.2, 0) is 6.54 Å². The summed E-state index contributed by atoms with van der Waals surface area (Å²) in [5, 5.41) is 7.30. The highest BCUT2D eigenvalue weighted by Gasteiger charge is 1.90. The van der Waals surface area contributed by atoms with Gasteiger partial charge in [-0.15, -0.1) is 0 Å². The molecular formula is C6H8N2S2. The predicted molar refractivity (Wildman–Crippen MR) is 47.9 cm³/mol. The number of hydrogen-bond acceptors (Lipinski definition) is 2. The second kappa shape index (κ2) is 3.53. The Morgan fingerprint density at radius 2 is 2.60 bits per heavy atom. The maximum atomic E-state index is 5.23. The predicted octanol–water partition coefficient (Wildman–Crippen LogP) is 1.08. The number of nitrogens with one attached hydrogen (secondary N) is 1. The summed E-state index contributed by atoms with van der Waals surface area (Å²) in [7, 11) is 0. The molecule has 0 fully saturated rings. The average molecular weight is 172 g/mol. The van der Waals surface area contributed by atoms with Crippen molar-refractivity contribution in [3.63, 3.8) is 0 Å². The molecule has 1 aromatic rings. The van der Waals surface area contributed by atoms with Crippen LogP contribution in [0.5, 0.6) is 0 Å². The van der Waals surface area contributed by atoms with Gasteiger partial charge in [-0.2, -0.15) is 11.3 Å². The van der Waals surface area contributed by atoms with Gasteiger partial charge in [-0.3, -0.25) is 0 Å². The average Bonchev–Trinajstić information content (AvgIpc) is 2.34. The van der Waals surface area contributed by atoms with Crippen LogP contribution in [0.25, 0.3) is 0 Å². The molecule has 0 unspecified atom stereocenters. The number of thiocarbonyl (C=S) groups is 1. The lowest BCUT2D eigenvalue weighted by Gasteiger charge is -1.99. The van der Waals surface area contributed by atoms with E-state index < -0.39 is 0 Å². The molecule has 0 aliphatic carbocycles. The first kappa shape index (κ1) is 7.50. The van der Waals surface area contributed by atoms with Gasteiger partial charge in [-0.05, 0) is 34.6 Å². The maximum Gasteiger partial charge on any atom is 0.163 e. The molecule has 2 nitrogen and oxygen atoms in total. The van der Waals surface area contributed by atoms with E-state index in [1.165, 1.54) is 5.56 Å². The molecule has 54 valence electrons. The van der Waals surface area contributed by atoms with Gasteiger partial charge in [0.1, 0.15) is 0 Å². The van der Waals surface area contributed by atoms with Crippen LogP contribution in [0.15, 0.2) is 16.8 Å².